The first-order valence-corrected chi connectivity index (χ1v) is 7.67. The van der Waals surface area contributed by atoms with E-state index >= 15 is 0 Å². The van der Waals surface area contributed by atoms with Crippen LogP contribution in [0.2, 0.25) is 0 Å². The molecule has 0 aliphatic carbocycles. The van der Waals surface area contributed by atoms with Gasteiger partial charge in [0, 0.05) is 44.3 Å². The van der Waals surface area contributed by atoms with Gasteiger partial charge in [0.1, 0.15) is 5.75 Å². The van der Waals surface area contributed by atoms with Crippen LogP contribution in [0.25, 0.3) is 16.6 Å². The standard InChI is InChI=1S/C19H13N4O2.Y/c1-13-14(12-24)3-2-4-18(13)25-19-7-8-20-17-11-15(5-6-16(17)19)23-10-9-21-22-23;/h2-11H,1H3;/q-1;. The van der Waals surface area contributed by atoms with Crippen LogP contribution in [-0.4, -0.2) is 26.3 Å². The van der Waals surface area contributed by atoms with Crippen LogP contribution >= 0.6 is 0 Å². The van der Waals surface area contributed by atoms with Crippen LogP contribution in [0, 0.1) is 6.92 Å². The molecule has 1 radical (unpaired) electrons. The third-order valence-electron chi connectivity index (χ3n) is 3.99. The smallest absolute Gasteiger partial charge is 0.136 e. The maximum atomic E-state index is 11.0. The van der Waals surface area contributed by atoms with Crippen molar-refractivity contribution in [3.8, 4) is 17.2 Å². The minimum atomic E-state index is 0. The third-order valence-corrected chi connectivity index (χ3v) is 3.99. The van der Waals surface area contributed by atoms with Gasteiger partial charge in [-0.15, -0.1) is 22.3 Å². The fourth-order valence-corrected chi connectivity index (χ4v) is 2.64. The van der Waals surface area contributed by atoms with E-state index in [1.165, 1.54) is 0 Å². The molecule has 4 aromatic rings. The molecule has 0 saturated heterocycles. The molecule has 0 amide bonds. The minimum Gasteiger partial charge on any atom is -0.469 e. The van der Waals surface area contributed by atoms with Crippen molar-refractivity contribution in [1.29, 1.82) is 0 Å². The van der Waals surface area contributed by atoms with Gasteiger partial charge in [0.25, 0.3) is 0 Å². The number of hydrogen-bond acceptors (Lipinski definition) is 5. The number of hydrogen-bond donors (Lipinski definition) is 0. The molecule has 6 nitrogen and oxygen atoms in total. The summed E-state index contributed by atoms with van der Waals surface area (Å²) in [5.74, 6) is 1.29. The van der Waals surface area contributed by atoms with E-state index in [4.69, 9.17) is 4.74 Å². The zero-order chi connectivity index (χ0) is 17.2. The Morgan fingerprint density at radius 1 is 1.08 bits per heavy atom. The molecule has 26 heavy (non-hydrogen) atoms. The first-order valence-electron chi connectivity index (χ1n) is 7.67. The van der Waals surface area contributed by atoms with Crippen LogP contribution in [0.3, 0.4) is 0 Å². The zero-order valence-corrected chi connectivity index (χ0v) is 16.8. The van der Waals surface area contributed by atoms with Crippen molar-refractivity contribution in [2.24, 2.45) is 0 Å². The SMILES string of the molecule is Cc1c([C-]=O)cccc1Oc1ccnc2cc(-n3ccnn3)ccc12.[Y]. The van der Waals surface area contributed by atoms with Gasteiger partial charge in [0.2, 0.25) is 0 Å². The monoisotopic (exact) mass is 418 g/mol. The van der Waals surface area contributed by atoms with E-state index in [1.807, 2.05) is 37.5 Å². The predicted molar refractivity (Wildman–Crippen MR) is 92.7 cm³/mol. The molecule has 0 unspecified atom stereocenters. The summed E-state index contributed by atoms with van der Waals surface area (Å²) < 4.78 is 7.71. The molecule has 2 aromatic heterocycles. The maximum absolute atomic E-state index is 11.0. The summed E-state index contributed by atoms with van der Waals surface area (Å²) >= 11 is 0. The van der Waals surface area contributed by atoms with E-state index in [0.29, 0.717) is 17.1 Å². The zero-order valence-electron chi connectivity index (χ0n) is 14.0. The summed E-state index contributed by atoms with van der Waals surface area (Å²) in [5.41, 5.74) is 2.88. The summed E-state index contributed by atoms with van der Waals surface area (Å²) in [4.78, 5) is 15.4. The van der Waals surface area contributed by atoms with E-state index in [2.05, 4.69) is 15.3 Å². The summed E-state index contributed by atoms with van der Waals surface area (Å²) in [6.45, 7) is 1.84. The molecular weight excluding hydrogens is 405 g/mol. The molecule has 0 bridgehead atoms. The predicted octanol–water partition coefficient (Wildman–Crippen LogP) is 3.37. The summed E-state index contributed by atoms with van der Waals surface area (Å²) in [6.07, 6.45) is 7.00. The van der Waals surface area contributed by atoms with Gasteiger partial charge in [0.05, 0.1) is 35.6 Å². The maximum Gasteiger partial charge on any atom is 0.136 e. The van der Waals surface area contributed by atoms with Crippen molar-refractivity contribution in [3.05, 3.63) is 72.2 Å². The fraction of sp³-hybridized carbons (Fsp3) is 0.0526. The molecule has 0 fully saturated rings. The van der Waals surface area contributed by atoms with E-state index in [0.717, 1.165) is 22.2 Å². The molecule has 2 aromatic carbocycles. The Balaban J connectivity index is 0.00000196. The molecule has 0 atom stereocenters. The quantitative estimate of drug-likeness (QED) is 0.476. The van der Waals surface area contributed by atoms with E-state index < -0.39 is 0 Å². The third kappa shape index (κ3) is 3.43. The Morgan fingerprint density at radius 3 is 2.73 bits per heavy atom. The molecule has 7 heteroatoms. The van der Waals surface area contributed by atoms with Crippen molar-refractivity contribution < 1.29 is 42.2 Å². The average molecular weight is 418 g/mol. The summed E-state index contributed by atoms with van der Waals surface area (Å²) in [6, 6.07) is 12.9. The number of rotatable bonds is 4. The number of ether oxygens (including phenoxy) is 1. The van der Waals surface area contributed by atoms with Crippen LogP contribution in [0.4, 0.5) is 0 Å². The van der Waals surface area contributed by atoms with Gasteiger partial charge in [-0.25, -0.2) is 4.68 Å². The number of aromatic nitrogens is 4. The van der Waals surface area contributed by atoms with Gasteiger partial charge in [-0.1, -0.05) is 12.1 Å². The Bertz CT molecular complexity index is 1060. The number of pyridine rings is 1. The number of carbonyl (C=O) groups excluding carboxylic acids is 1. The van der Waals surface area contributed by atoms with Gasteiger partial charge in [-0.2, -0.15) is 6.07 Å². The van der Waals surface area contributed by atoms with E-state index in [1.54, 1.807) is 41.5 Å². The van der Waals surface area contributed by atoms with Crippen LogP contribution in [0.15, 0.2) is 61.1 Å². The van der Waals surface area contributed by atoms with Gasteiger partial charge in [0.15, 0.2) is 0 Å². The first-order chi connectivity index (χ1) is 12.3. The molecule has 2 heterocycles. The minimum absolute atomic E-state index is 0. The number of fused-ring (bicyclic) bond motifs is 1. The van der Waals surface area contributed by atoms with Crippen LogP contribution in [-0.2, 0) is 37.5 Å². The van der Waals surface area contributed by atoms with Crippen molar-refractivity contribution >= 4 is 17.2 Å². The van der Waals surface area contributed by atoms with E-state index in [9.17, 15) is 4.79 Å². The molecule has 0 saturated carbocycles. The van der Waals surface area contributed by atoms with Crippen molar-refractivity contribution in [2.45, 2.75) is 6.92 Å². The van der Waals surface area contributed by atoms with Gasteiger partial charge in [-0.05, 0) is 30.3 Å². The molecule has 0 spiro atoms. The van der Waals surface area contributed by atoms with Gasteiger partial charge < -0.3 is 9.53 Å². The molecule has 0 N–H and O–H groups in total. The number of benzene rings is 2. The van der Waals surface area contributed by atoms with Crippen molar-refractivity contribution in [3.63, 3.8) is 0 Å². The van der Waals surface area contributed by atoms with Crippen molar-refractivity contribution in [2.75, 3.05) is 0 Å². The molecule has 4 rings (SSSR count). The van der Waals surface area contributed by atoms with E-state index in [-0.39, 0.29) is 32.7 Å². The van der Waals surface area contributed by atoms with Crippen molar-refractivity contribution in [1.82, 2.24) is 20.0 Å². The molecule has 0 aliphatic heterocycles. The second-order valence-electron chi connectivity index (χ2n) is 5.49. The summed E-state index contributed by atoms with van der Waals surface area (Å²) in [7, 11) is 0. The van der Waals surface area contributed by atoms with Crippen LogP contribution < -0.4 is 4.74 Å². The Hall–Kier alpha value is -2.44. The average Bonchev–Trinajstić information content (AvgIpc) is 3.18. The largest absolute Gasteiger partial charge is 0.469 e. The summed E-state index contributed by atoms with van der Waals surface area (Å²) in [5, 5.41) is 8.67. The first kappa shape index (κ1) is 18.4. The molecule has 0 aliphatic rings. The van der Waals surface area contributed by atoms with Crippen LogP contribution in [0.1, 0.15) is 11.1 Å². The number of nitrogens with zero attached hydrogens (tertiary/aromatic N) is 4. The topological polar surface area (TPSA) is 69.9 Å². The Labute approximate surface area is 175 Å². The van der Waals surface area contributed by atoms with Crippen LogP contribution in [0.5, 0.6) is 11.5 Å². The normalized spacial score (nSPS) is 10.3. The second kappa shape index (κ2) is 7.85. The Morgan fingerprint density at radius 2 is 1.96 bits per heavy atom. The molecule has 125 valence electrons. The van der Waals surface area contributed by atoms with Gasteiger partial charge >= 0.3 is 0 Å². The Kier molecular flexibility index (Phi) is 5.54. The van der Waals surface area contributed by atoms with Gasteiger partial charge in [-0.3, -0.25) is 4.98 Å². The fourth-order valence-electron chi connectivity index (χ4n) is 2.64. The second-order valence-corrected chi connectivity index (χ2v) is 5.49. The molecular formula is C19H13N4O2Y-.